The van der Waals surface area contributed by atoms with Crippen LogP contribution in [0.3, 0.4) is 0 Å². The predicted octanol–water partition coefficient (Wildman–Crippen LogP) is 4.67. The van der Waals surface area contributed by atoms with Gasteiger partial charge < -0.3 is 19.5 Å². The molecule has 2 aromatic rings. The van der Waals surface area contributed by atoms with Gasteiger partial charge in [0.05, 0.1) is 13.7 Å². The number of nitrogens with one attached hydrogen (secondary N) is 1. The summed E-state index contributed by atoms with van der Waals surface area (Å²) in [7, 11) is 1.59. The number of anilines is 1. The van der Waals surface area contributed by atoms with Crippen LogP contribution < -0.4 is 19.5 Å². The number of unbranched alkanes of at least 4 members (excludes halogenated alkanes) is 3. The molecule has 26 heavy (non-hydrogen) atoms. The molecule has 0 radical (unpaired) electrons. The number of methoxy groups -OCH3 is 1. The Bertz CT molecular complexity index is 670. The van der Waals surface area contributed by atoms with E-state index in [1.165, 1.54) is 19.3 Å². The summed E-state index contributed by atoms with van der Waals surface area (Å²) < 4.78 is 16.3. The number of hydrogen-bond acceptors (Lipinski definition) is 4. The highest BCUT2D eigenvalue weighted by Crippen LogP contribution is 2.19. The summed E-state index contributed by atoms with van der Waals surface area (Å²) in [5.74, 6) is 1.87. The number of rotatable bonds is 11. The second-order valence-corrected chi connectivity index (χ2v) is 5.95. The highest BCUT2D eigenvalue weighted by atomic mass is 16.5. The van der Waals surface area contributed by atoms with E-state index in [9.17, 15) is 4.79 Å². The van der Waals surface area contributed by atoms with Gasteiger partial charge in [-0.2, -0.15) is 0 Å². The van der Waals surface area contributed by atoms with Gasteiger partial charge in [0.15, 0.2) is 6.61 Å². The van der Waals surface area contributed by atoms with E-state index in [0.717, 1.165) is 18.8 Å². The molecule has 0 spiro atoms. The molecule has 0 saturated carbocycles. The van der Waals surface area contributed by atoms with Crippen molar-refractivity contribution in [2.24, 2.45) is 0 Å². The number of amides is 1. The van der Waals surface area contributed by atoms with Crippen LogP contribution in [0.25, 0.3) is 0 Å². The zero-order valence-corrected chi connectivity index (χ0v) is 15.5. The summed E-state index contributed by atoms with van der Waals surface area (Å²) in [5, 5.41) is 2.80. The summed E-state index contributed by atoms with van der Waals surface area (Å²) in [6, 6.07) is 14.5. The third-order valence-corrected chi connectivity index (χ3v) is 3.82. The van der Waals surface area contributed by atoms with Crippen molar-refractivity contribution in [2.45, 2.75) is 32.6 Å². The van der Waals surface area contributed by atoms with Gasteiger partial charge in [0.1, 0.15) is 17.2 Å². The summed E-state index contributed by atoms with van der Waals surface area (Å²) in [5.41, 5.74) is 0.711. The quantitative estimate of drug-likeness (QED) is 0.594. The van der Waals surface area contributed by atoms with Crippen LogP contribution in [0.2, 0.25) is 0 Å². The second-order valence-electron chi connectivity index (χ2n) is 5.95. The zero-order chi connectivity index (χ0) is 18.6. The SMILES string of the molecule is CCCCCCOc1ccc(NC(=O)COc2cccc(OC)c2)cc1. The van der Waals surface area contributed by atoms with Crippen LogP contribution in [-0.4, -0.2) is 26.2 Å². The largest absolute Gasteiger partial charge is 0.497 e. The lowest BCUT2D eigenvalue weighted by molar-refractivity contribution is -0.118. The van der Waals surface area contributed by atoms with Crippen molar-refractivity contribution in [3.8, 4) is 17.2 Å². The van der Waals surface area contributed by atoms with Gasteiger partial charge in [-0.1, -0.05) is 32.3 Å². The van der Waals surface area contributed by atoms with Gasteiger partial charge in [-0.25, -0.2) is 0 Å². The molecular weight excluding hydrogens is 330 g/mol. The first kappa shape index (κ1) is 19.6. The van der Waals surface area contributed by atoms with E-state index in [1.807, 2.05) is 36.4 Å². The number of benzene rings is 2. The molecule has 0 aliphatic rings. The maximum absolute atomic E-state index is 12.0. The van der Waals surface area contributed by atoms with Gasteiger partial charge in [0.2, 0.25) is 0 Å². The van der Waals surface area contributed by atoms with Crippen LogP contribution in [0.4, 0.5) is 5.69 Å². The molecule has 0 aromatic heterocycles. The van der Waals surface area contributed by atoms with Crippen LogP contribution in [0, 0.1) is 0 Å². The first-order valence-electron chi connectivity index (χ1n) is 9.01. The van der Waals surface area contributed by atoms with Crippen LogP contribution >= 0.6 is 0 Å². The van der Waals surface area contributed by atoms with E-state index in [-0.39, 0.29) is 12.5 Å². The van der Waals surface area contributed by atoms with Gasteiger partial charge in [-0.05, 0) is 42.8 Å². The topological polar surface area (TPSA) is 56.8 Å². The first-order valence-corrected chi connectivity index (χ1v) is 9.01. The molecule has 0 saturated heterocycles. The first-order chi connectivity index (χ1) is 12.7. The van der Waals surface area contributed by atoms with Crippen molar-refractivity contribution in [2.75, 3.05) is 25.6 Å². The van der Waals surface area contributed by atoms with Gasteiger partial charge in [0, 0.05) is 11.8 Å². The summed E-state index contributed by atoms with van der Waals surface area (Å²) >= 11 is 0. The Kier molecular flexibility index (Phi) is 8.33. The van der Waals surface area contributed by atoms with E-state index < -0.39 is 0 Å². The number of carbonyl (C=O) groups excluding carboxylic acids is 1. The normalized spacial score (nSPS) is 10.2. The highest BCUT2D eigenvalue weighted by molar-refractivity contribution is 5.91. The second kappa shape index (κ2) is 11.0. The monoisotopic (exact) mass is 357 g/mol. The Hall–Kier alpha value is -2.69. The standard InChI is InChI=1S/C21H27NO4/c1-3-4-5-6-14-25-18-12-10-17(11-13-18)22-21(23)16-26-20-9-7-8-19(15-20)24-2/h7-13,15H,3-6,14,16H2,1-2H3,(H,22,23). The fourth-order valence-corrected chi connectivity index (χ4v) is 2.39. The van der Waals surface area contributed by atoms with Crippen LogP contribution in [0.5, 0.6) is 17.2 Å². The van der Waals surface area contributed by atoms with Crippen molar-refractivity contribution in [3.05, 3.63) is 48.5 Å². The average molecular weight is 357 g/mol. The van der Waals surface area contributed by atoms with Gasteiger partial charge in [0.25, 0.3) is 5.91 Å². The van der Waals surface area contributed by atoms with E-state index in [0.29, 0.717) is 17.2 Å². The van der Waals surface area contributed by atoms with Gasteiger partial charge in [-0.3, -0.25) is 4.79 Å². The molecule has 5 heteroatoms. The number of ether oxygens (including phenoxy) is 3. The molecule has 0 fully saturated rings. The molecule has 1 N–H and O–H groups in total. The van der Waals surface area contributed by atoms with Gasteiger partial charge in [-0.15, -0.1) is 0 Å². The van der Waals surface area contributed by atoms with E-state index in [2.05, 4.69) is 12.2 Å². The fraction of sp³-hybridized carbons (Fsp3) is 0.381. The fourth-order valence-electron chi connectivity index (χ4n) is 2.39. The highest BCUT2D eigenvalue weighted by Gasteiger charge is 2.05. The molecule has 2 rings (SSSR count). The molecular formula is C21H27NO4. The Labute approximate surface area is 155 Å². The number of hydrogen-bond donors (Lipinski definition) is 1. The Morgan fingerprint density at radius 2 is 1.69 bits per heavy atom. The van der Waals surface area contributed by atoms with Gasteiger partial charge >= 0.3 is 0 Å². The summed E-state index contributed by atoms with van der Waals surface area (Å²) in [4.78, 5) is 12.0. The predicted molar refractivity (Wildman–Crippen MR) is 103 cm³/mol. The summed E-state index contributed by atoms with van der Waals surface area (Å²) in [6.07, 6.45) is 4.72. The maximum atomic E-state index is 12.0. The Morgan fingerprint density at radius 1 is 0.923 bits per heavy atom. The molecule has 0 aliphatic carbocycles. The zero-order valence-electron chi connectivity index (χ0n) is 15.5. The summed E-state index contributed by atoms with van der Waals surface area (Å²) in [6.45, 7) is 2.85. The van der Waals surface area contributed by atoms with Crippen LogP contribution in [0.1, 0.15) is 32.6 Å². The van der Waals surface area contributed by atoms with Crippen molar-refractivity contribution >= 4 is 11.6 Å². The lowest BCUT2D eigenvalue weighted by Gasteiger charge is -2.10. The minimum atomic E-state index is -0.221. The minimum absolute atomic E-state index is 0.0666. The molecule has 0 atom stereocenters. The molecule has 0 heterocycles. The van der Waals surface area contributed by atoms with Crippen molar-refractivity contribution in [1.29, 1.82) is 0 Å². The average Bonchev–Trinajstić information content (AvgIpc) is 2.68. The molecule has 5 nitrogen and oxygen atoms in total. The Morgan fingerprint density at radius 3 is 2.42 bits per heavy atom. The molecule has 2 aromatic carbocycles. The smallest absolute Gasteiger partial charge is 0.262 e. The van der Waals surface area contributed by atoms with E-state index >= 15 is 0 Å². The third kappa shape index (κ3) is 7.05. The molecule has 1 amide bonds. The van der Waals surface area contributed by atoms with E-state index in [1.54, 1.807) is 19.2 Å². The maximum Gasteiger partial charge on any atom is 0.262 e. The molecule has 0 aliphatic heterocycles. The van der Waals surface area contributed by atoms with Crippen molar-refractivity contribution < 1.29 is 19.0 Å². The van der Waals surface area contributed by atoms with Crippen LogP contribution in [-0.2, 0) is 4.79 Å². The van der Waals surface area contributed by atoms with E-state index in [4.69, 9.17) is 14.2 Å². The van der Waals surface area contributed by atoms with Crippen LogP contribution in [0.15, 0.2) is 48.5 Å². The Balaban J connectivity index is 1.72. The number of carbonyl (C=O) groups is 1. The third-order valence-electron chi connectivity index (χ3n) is 3.82. The molecule has 140 valence electrons. The van der Waals surface area contributed by atoms with Crippen molar-refractivity contribution in [1.82, 2.24) is 0 Å². The lowest BCUT2D eigenvalue weighted by Crippen LogP contribution is -2.20. The lowest BCUT2D eigenvalue weighted by atomic mass is 10.2. The molecule has 0 bridgehead atoms. The molecule has 0 unspecified atom stereocenters. The van der Waals surface area contributed by atoms with Crippen molar-refractivity contribution in [3.63, 3.8) is 0 Å². The minimum Gasteiger partial charge on any atom is -0.497 e.